The third-order valence-electron chi connectivity index (χ3n) is 2.17. The number of hydrogen-bond acceptors (Lipinski definition) is 5. The molecule has 0 saturated carbocycles. The Kier molecular flexibility index (Phi) is 4.36. The minimum Gasteiger partial charge on any atom is -0.477 e. The Morgan fingerprint density at radius 2 is 2.12 bits per heavy atom. The summed E-state index contributed by atoms with van der Waals surface area (Å²) in [5.74, 6) is -1.14. The van der Waals surface area contributed by atoms with Gasteiger partial charge >= 0.3 is 5.97 Å². The topological polar surface area (TPSA) is 117 Å². The van der Waals surface area contributed by atoms with E-state index in [1.807, 2.05) is 0 Å². The second-order valence-electron chi connectivity index (χ2n) is 3.37. The lowest BCUT2D eigenvalue weighted by Gasteiger charge is -2.16. The molecule has 88 valence electrons. The van der Waals surface area contributed by atoms with Gasteiger partial charge in [-0.05, 0) is 19.0 Å². The van der Waals surface area contributed by atoms with E-state index in [1.54, 1.807) is 0 Å². The Balaban J connectivity index is 2.77. The van der Waals surface area contributed by atoms with Crippen molar-refractivity contribution in [2.45, 2.75) is 18.6 Å². The van der Waals surface area contributed by atoms with E-state index in [-0.39, 0.29) is 18.7 Å². The number of aromatic carboxylic acids is 1. The number of aromatic nitrogens is 1. The molecule has 1 rings (SSSR count). The van der Waals surface area contributed by atoms with Crippen LogP contribution in [0, 0.1) is 0 Å². The van der Waals surface area contributed by atoms with Crippen LogP contribution >= 0.6 is 0 Å². The van der Waals surface area contributed by atoms with Crippen molar-refractivity contribution in [2.75, 3.05) is 6.54 Å². The van der Waals surface area contributed by atoms with Crippen LogP contribution in [0.2, 0.25) is 0 Å². The van der Waals surface area contributed by atoms with Crippen LogP contribution in [0.5, 0.6) is 0 Å². The quantitative estimate of drug-likeness (QED) is 0.539. The van der Waals surface area contributed by atoms with Gasteiger partial charge in [-0.2, -0.15) is 0 Å². The molecule has 0 aliphatic carbocycles. The molecule has 16 heavy (non-hydrogen) atoms. The molecule has 1 heterocycles. The average Bonchev–Trinajstić information content (AvgIpc) is 2.28. The summed E-state index contributed by atoms with van der Waals surface area (Å²) < 4.78 is 0. The molecule has 0 spiro atoms. The number of pyridine rings is 1. The minimum atomic E-state index is -1.14. The lowest BCUT2D eigenvalue weighted by atomic mass is 10.0. The molecule has 2 unspecified atom stereocenters. The zero-order chi connectivity index (χ0) is 12.1. The van der Waals surface area contributed by atoms with Crippen molar-refractivity contribution in [2.24, 2.45) is 5.73 Å². The van der Waals surface area contributed by atoms with Gasteiger partial charge in [0.1, 0.15) is 11.8 Å². The highest BCUT2D eigenvalue weighted by Gasteiger charge is 2.18. The van der Waals surface area contributed by atoms with Crippen LogP contribution in [0.3, 0.4) is 0 Å². The van der Waals surface area contributed by atoms with E-state index in [4.69, 9.17) is 10.8 Å². The van der Waals surface area contributed by atoms with Gasteiger partial charge in [-0.3, -0.25) is 0 Å². The largest absolute Gasteiger partial charge is 0.477 e. The van der Waals surface area contributed by atoms with E-state index < -0.39 is 18.2 Å². The van der Waals surface area contributed by atoms with Gasteiger partial charge in [0, 0.05) is 11.8 Å². The number of aliphatic hydroxyl groups excluding tert-OH is 2. The smallest absolute Gasteiger partial charge is 0.354 e. The lowest BCUT2D eigenvalue weighted by molar-refractivity contribution is 0.0148. The number of carbonyl (C=O) groups is 1. The third-order valence-corrected chi connectivity index (χ3v) is 2.17. The Morgan fingerprint density at radius 1 is 1.44 bits per heavy atom. The zero-order valence-electron chi connectivity index (χ0n) is 8.58. The van der Waals surface area contributed by atoms with Crippen LogP contribution in [-0.4, -0.2) is 38.9 Å². The Hall–Kier alpha value is -1.50. The molecule has 5 N–H and O–H groups in total. The first-order chi connectivity index (χ1) is 7.56. The van der Waals surface area contributed by atoms with Gasteiger partial charge in [0.15, 0.2) is 0 Å². The molecule has 0 aromatic carbocycles. The molecule has 0 aliphatic heterocycles. The van der Waals surface area contributed by atoms with Crippen LogP contribution in [-0.2, 0) is 0 Å². The van der Waals surface area contributed by atoms with Crippen LogP contribution in [0.25, 0.3) is 0 Å². The molecule has 0 aliphatic rings. The predicted molar refractivity (Wildman–Crippen MR) is 55.8 cm³/mol. The number of carboxylic acids is 1. The second-order valence-corrected chi connectivity index (χ2v) is 3.37. The van der Waals surface area contributed by atoms with Gasteiger partial charge in [-0.15, -0.1) is 0 Å². The second kappa shape index (κ2) is 5.55. The monoisotopic (exact) mass is 226 g/mol. The molecule has 6 heteroatoms. The number of nitrogens with zero attached hydrogens (tertiary/aromatic N) is 1. The molecule has 1 aromatic heterocycles. The van der Waals surface area contributed by atoms with Gasteiger partial charge in [-0.25, -0.2) is 9.78 Å². The normalized spacial score (nSPS) is 14.4. The number of nitrogens with two attached hydrogens (primary N) is 1. The van der Waals surface area contributed by atoms with Crippen molar-refractivity contribution < 1.29 is 20.1 Å². The van der Waals surface area contributed by atoms with Gasteiger partial charge in [0.25, 0.3) is 0 Å². The van der Waals surface area contributed by atoms with E-state index in [0.717, 1.165) is 0 Å². The molecule has 1 aromatic rings. The van der Waals surface area contributed by atoms with E-state index in [0.29, 0.717) is 5.56 Å². The molecule has 0 fully saturated rings. The lowest BCUT2D eigenvalue weighted by Crippen LogP contribution is -2.22. The number of rotatable bonds is 5. The fourth-order valence-electron chi connectivity index (χ4n) is 1.26. The van der Waals surface area contributed by atoms with Crippen molar-refractivity contribution in [1.29, 1.82) is 0 Å². The van der Waals surface area contributed by atoms with Crippen LogP contribution in [0.15, 0.2) is 18.3 Å². The molecule has 6 nitrogen and oxygen atoms in total. The van der Waals surface area contributed by atoms with Crippen molar-refractivity contribution in [3.8, 4) is 0 Å². The highest BCUT2D eigenvalue weighted by Crippen LogP contribution is 2.17. The Labute approximate surface area is 92.4 Å². The first-order valence-electron chi connectivity index (χ1n) is 4.81. The zero-order valence-corrected chi connectivity index (χ0v) is 8.58. The van der Waals surface area contributed by atoms with Gasteiger partial charge in [0.2, 0.25) is 0 Å². The van der Waals surface area contributed by atoms with Crippen molar-refractivity contribution in [1.82, 2.24) is 4.98 Å². The maximum Gasteiger partial charge on any atom is 0.354 e. The number of aliphatic hydroxyl groups is 2. The molecular weight excluding hydrogens is 212 g/mol. The maximum atomic E-state index is 10.5. The van der Waals surface area contributed by atoms with Gasteiger partial charge in [-0.1, -0.05) is 6.07 Å². The summed E-state index contributed by atoms with van der Waals surface area (Å²) in [5.41, 5.74) is 5.50. The summed E-state index contributed by atoms with van der Waals surface area (Å²) >= 11 is 0. The summed E-state index contributed by atoms with van der Waals surface area (Å²) in [5, 5.41) is 27.7. The van der Waals surface area contributed by atoms with E-state index in [9.17, 15) is 15.0 Å². The van der Waals surface area contributed by atoms with Gasteiger partial charge < -0.3 is 21.1 Å². The molecule has 0 amide bonds. The first kappa shape index (κ1) is 12.6. The molecule has 0 radical (unpaired) electrons. The highest BCUT2D eigenvalue weighted by molar-refractivity contribution is 5.85. The summed E-state index contributed by atoms with van der Waals surface area (Å²) in [4.78, 5) is 14.2. The predicted octanol–water partition coefficient (Wildman–Crippen LogP) is -0.477. The van der Waals surface area contributed by atoms with Crippen LogP contribution in [0.1, 0.15) is 28.6 Å². The third kappa shape index (κ3) is 2.99. The SMILES string of the molecule is NCCC(O)C(O)c1ccc(C(=O)O)nc1. The molecule has 0 saturated heterocycles. The van der Waals surface area contributed by atoms with Crippen molar-refractivity contribution in [3.63, 3.8) is 0 Å². The standard InChI is InChI=1S/C10H14N2O4/c11-4-3-8(13)9(14)6-1-2-7(10(15)16)12-5-6/h1-2,5,8-9,13-14H,3-4,11H2,(H,15,16). The van der Waals surface area contributed by atoms with Crippen molar-refractivity contribution in [3.05, 3.63) is 29.6 Å². The summed E-state index contributed by atoms with van der Waals surface area (Å²) in [6.07, 6.45) is -0.572. The molecule has 0 bridgehead atoms. The highest BCUT2D eigenvalue weighted by atomic mass is 16.4. The average molecular weight is 226 g/mol. The van der Waals surface area contributed by atoms with Gasteiger partial charge in [0.05, 0.1) is 6.10 Å². The molecule has 2 atom stereocenters. The van der Waals surface area contributed by atoms with Crippen molar-refractivity contribution >= 4 is 5.97 Å². The summed E-state index contributed by atoms with van der Waals surface area (Å²) in [6.45, 7) is 0.263. The Bertz CT molecular complexity index is 352. The Morgan fingerprint density at radius 3 is 2.56 bits per heavy atom. The minimum absolute atomic E-state index is 0.107. The fraction of sp³-hybridized carbons (Fsp3) is 0.400. The number of carboxylic acid groups (broad SMARTS) is 1. The van der Waals surface area contributed by atoms with E-state index in [2.05, 4.69) is 4.98 Å². The molecular formula is C10H14N2O4. The van der Waals surface area contributed by atoms with Crippen LogP contribution in [0.4, 0.5) is 0 Å². The number of hydrogen-bond donors (Lipinski definition) is 4. The summed E-state index contributed by atoms with van der Waals surface area (Å²) in [6, 6.07) is 2.69. The van der Waals surface area contributed by atoms with E-state index >= 15 is 0 Å². The fourth-order valence-corrected chi connectivity index (χ4v) is 1.26. The first-order valence-corrected chi connectivity index (χ1v) is 4.81. The maximum absolute atomic E-state index is 10.5. The van der Waals surface area contributed by atoms with E-state index in [1.165, 1.54) is 18.3 Å². The summed E-state index contributed by atoms with van der Waals surface area (Å²) in [7, 11) is 0. The van der Waals surface area contributed by atoms with Crippen LogP contribution < -0.4 is 5.73 Å².